The maximum atomic E-state index is 11.8. The Morgan fingerprint density at radius 1 is 1.13 bits per heavy atom. The normalized spacial score (nSPS) is 13.7. The number of hydrogen-bond acceptors (Lipinski definition) is 3. The van der Waals surface area contributed by atoms with Crippen LogP contribution >= 0.6 is 0 Å². The molecular formula is C19H24O4. The van der Waals surface area contributed by atoms with Crippen molar-refractivity contribution in [1.29, 1.82) is 0 Å². The van der Waals surface area contributed by atoms with Crippen molar-refractivity contribution in [3.05, 3.63) is 42.0 Å². The molecule has 1 unspecified atom stereocenters. The van der Waals surface area contributed by atoms with Gasteiger partial charge < -0.3 is 14.6 Å². The fourth-order valence-electron chi connectivity index (χ4n) is 2.59. The maximum absolute atomic E-state index is 11.8. The van der Waals surface area contributed by atoms with Gasteiger partial charge in [0.1, 0.15) is 5.75 Å². The zero-order chi connectivity index (χ0) is 16.9. The summed E-state index contributed by atoms with van der Waals surface area (Å²) in [5, 5.41) is 11.8. The van der Waals surface area contributed by atoms with Crippen LogP contribution in [0.4, 0.5) is 0 Å². The number of ether oxygens (including phenoxy) is 2. The van der Waals surface area contributed by atoms with E-state index in [-0.39, 0.29) is 0 Å². The second-order valence-corrected chi connectivity index (χ2v) is 5.93. The summed E-state index contributed by atoms with van der Waals surface area (Å²) >= 11 is 0. The van der Waals surface area contributed by atoms with Crippen molar-refractivity contribution >= 4 is 16.7 Å². The summed E-state index contributed by atoms with van der Waals surface area (Å²) in [6.45, 7) is 4.90. The van der Waals surface area contributed by atoms with E-state index < -0.39 is 11.4 Å². The molecule has 0 radical (unpaired) electrons. The number of benzene rings is 2. The van der Waals surface area contributed by atoms with Crippen LogP contribution in [0.25, 0.3) is 10.8 Å². The Hall–Kier alpha value is -2.07. The van der Waals surface area contributed by atoms with Crippen LogP contribution in [-0.2, 0) is 14.9 Å². The van der Waals surface area contributed by atoms with Crippen molar-refractivity contribution in [3.8, 4) is 5.75 Å². The van der Waals surface area contributed by atoms with Gasteiger partial charge in [-0.05, 0) is 48.2 Å². The predicted octanol–water partition coefficient (Wildman–Crippen LogP) is 4.01. The Kier molecular flexibility index (Phi) is 5.61. The molecule has 124 valence electrons. The van der Waals surface area contributed by atoms with Crippen LogP contribution < -0.4 is 4.74 Å². The van der Waals surface area contributed by atoms with Crippen LogP contribution in [0.15, 0.2) is 36.4 Å². The third kappa shape index (κ3) is 3.82. The molecule has 0 aromatic heterocycles. The number of hydrogen-bond donors (Lipinski definition) is 1. The Bertz CT molecular complexity index is 680. The quantitative estimate of drug-likeness (QED) is 0.748. The van der Waals surface area contributed by atoms with Crippen molar-refractivity contribution < 1.29 is 19.4 Å². The minimum Gasteiger partial charge on any atom is -0.497 e. The van der Waals surface area contributed by atoms with Gasteiger partial charge in [-0.2, -0.15) is 0 Å². The average Bonchev–Trinajstić information content (AvgIpc) is 2.57. The molecule has 0 spiro atoms. The number of rotatable bonds is 8. The van der Waals surface area contributed by atoms with Crippen LogP contribution in [0.3, 0.4) is 0 Å². The number of methoxy groups -OCH3 is 1. The molecular weight excluding hydrogens is 292 g/mol. The average molecular weight is 316 g/mol. The molecule has 0 aliphatic rings. The summed E-state index contributed by atoms with van der Waals surface area (Å²) in [5.41, 5.74) is -0.162. The van der Waals surface area contributed by atoms with E-state index in [0.717, 1.165) is 28.5 Å². The fourth-order valence-corrected chi connectivity index (χ4v) is 2.59. The summed E-state index contributed by atoms with van der Waals surface area (Å²) in [4.78, 5) is 11.8. The third-order valence-corrected chi connectivity index (χ3v) is 4.25. The number of fused-ring (bicyclic) bond motifs is 1. The van der Waals surface area contributed by atoms with Gasteiger partial charge in [0.2, 0.25) is 0 Å². The van der Waals surface area contributed by atoms with Crippen LogP contribution in [0.1, 0.15) is 32.3 Å². The lowest BCUT2D eigenvalue weighted by atomic mass is 9.79. The summed E-state index contributed by atoms with van der Waals surface area (Å²) in [7, 11) is 1.63. The molecule has 4 heteroatoms. The zero-order valence-electron chi connectivity index (χ0n) is 14.0. The first-order valence-electron chi connectivity index (χ1n) is 7.90. The zero-order valence-corrected chi connectivity index (χ0v) is 14.0. The smallest absolute Gasteiger partial charge is 0.313 e. The van der Waals surface area contributed by atoms with E-state index in [1.807, 2.05) is 43.3 Å². The summed E-state index contributed by atoms with van der Waals surface area (Å²) < 4.78 is 10.7. The Labute approximate surface area is 137 Å². The lowest BCUT2D eigenvalue weighted by Crippen LogP contribution is -2.33. The lowest BCUT2D eigenvalue weighted by molar-refractivity contribution is -0.144. The van der Waals surface area contributed by atoms with Crippen LogP contribution in [0, 0.1) is 0 Å². The molecule has 2 aromatic rings. The number of aliphatic carboxylic acids is 1. The largest absolute Gasteiger partial charge is 0.497 e. The van der Waals surface area contributed by atoms with Gasteiger partial charge in [-0.3, -0.25) is 4.79 Å². The molecule has 4 nitrogen and oxygen atoms in total. The van der Waals surface area contributed by atoms with E-state index in [1.54, 1.807) is 14.0 Å². The highest BCUT2D eigenvalue weighted by molar-refractivity contribution is 5.88. The second-order valence-electron chi connectivity index (χ2n) is 5.93. The van der Waals surface area contributed by atoms with Gasteiger partial charge in [-0.25, -0.2) is 0 Å². The van der Waals surface area contributed by atoms with Gasteiger partial charge in [0, 0.05) is 13.2 Å². The van der Waals surface area contributed by atoms with Crippen LogP contribution in [0.5, 0.6) is 5.75 Å². The highest BCUT2D eigenvalue weighted by atomic mass is 16.5. The van der Waals surface area contributed by atoms with E-state index in [1.165, 1.54) is 0 Å². The van der Waals surface area contributed by atoms with Crippen molar-refractivity contribution in [3.63, 3.8) is 0 Å². The first-order chi connectivity index (χ1) is 11.0. The Morgan fingerprint density at radius 2 is 1.83 bits per heavy atom. The monoisotopic (exact) mass is 316 g/mol. The van der Waals surface area contributed by atoms with Gasteiger partial charge in [-0.1, -0.05) is 31.2 Å². The Balaban J connectivity index is 2.31. The van der Waals surface area contributed by atoms with Gasteiger partial charge >= 0.3 is 5.97 Å². The number of carboxylic acids is 1. The van der Waals surface area contributed by atoms with Gasteiger partial charge in [-0.15, -0.1) is 0 Å². The van der Waals surface area contributed by atoms with Crippen molar-refractivity contribution in [1.82, 2.24) is 0 Å². The molecule has 23 heavy (non-hydrogen) atoms. The molecule has 0 saturated heterocycles. The van der Waals surface area contributed by atoms with Gasteiger partial charge in [0.25, 0.3) is 0 Å². The molecule has 0 aliphatic carbocycles. The molecule has 0 aliphatic heterocycles. The van der Waals surface area contributed by atoms with Crippen molar-refractivity contribution in [2.45, 2.75) is 32.1 Å². The number of carboxylic acid groups (broad SMARTS) is 1. The van der Waals surface area contributed by atoms with E-state index in [9.17, 15) is 9.90 Å². The SMILES string of the molecule is CCCOCCC(C)(C(=O)O)c1ccc2cc(OC)ccc2c1. The highest BCUT2D eigenvalue weighted by Crippen LogP contribution is 2.31. The Morgan fingerprint density at radius 3 is 2.48 bits per heavy atom. The van der Waals surface area contributed by atoms with Crippen LogP contribution in [0.2, 0.25) is 0 Å². The predicted molar refractivity (Wildman–Crippen MR) is 91.2 cm³/mol. The van der Waals surface area contributed by atoms with E-state index in [0.29, 0.717) is 19.6 Å². The van der Waals surface area contributed by atoms with E-state index in [2.05, 4.69) is 0 Å². The van der Waals surface area contributed by atoms with Gasteiger partial charge in [0.15, 0.2) is 0 Å². The lowest BCUT2D eigenvalue weighted by Gasteiger charge is -2.25. The highest BCUT2D eigenvalue weighted by Gasteiger charge is 2.35. The molecule has 0 amide bonds. The van der Waals surface area contributed by atoms with Crippen molar-refractivity contribution in [2.24, 2.45) is 0 Å². The summed E-state index contributed by atoms with van der Waals surface area (Å²) in [5.74, 6) is -0.0373. The summed E-state index contributed by atoms with van der Waals surface area (Å²) in [6, 6.07) is 11.6. The third-order valence-electron chi connectivity index (χ3n) is 4.25. The topological polar surface area (TPSA) is 55.8 Å². The van der Waals surface area contributed by atoms with E-state index >= 15 is 0 Å². The minimum atomic E-state index is -0.956. The molecule has 0 saturated carbocycles. The minimum absolute atomic E-state index is 0.442. The fraction of sp³-hybridized carbons (Fsp3) is 0.421. The second kappa shape index (κ2) is 7.47. The molecule has 0 bridgehead atoms. The molecule has 0 fully saturated rings. The maximum Gasteiger partial charge on any atom is 0.313 e. The molecule has 0 heterocycles. The molecule has 2 aromatic carbocycles. The molecule has 1 atom stereocenters. The van der Waals surface area contributed by atoms with Crippen LogP contribution in [-0.4, -0.2) is 31.4 Å². The number of carbonyl (C=O) groups is 1. The summed E-state index contributed by atoms with van der Waals surface area (Å²) in [6.07, 6.45) is 1.38. The first-order valence-corrected chi connectivity index (χ1v) is 7.90. The van der Waals surface area contributed by atoms with Gasteiger partial charge in [0.05, 0.1) is 12.5 Å². The molecule has 2 rings (SSSR count). The first kappa shape index (κ1) is 17.3. The van der Waals surface area contributed by atoms with E-state index in [4.69, 9.17) is 9.47 Å². The van der Waals surface area contributed by atoms with Crippen molar-refractivity contribution in [2.75, 3.05) is 20.3 Å². The standard InChI is InChI=1S/C19H24O4/c1-4-10-23-11-9-19(2,18(20)21)16-7-5-15-13-17(22-3)8-6-14(15)12-16/h5-8,12-13H,4,9-11H2,1-3H3,(H,20,21). The molecule has 1 N–H and O–H groups in total.